The summed E-state index contributed by atoms with van der Waals surface area (Å²) in [5.41, 5.74) is 9.37. The van der Waals surface area contributed by atoms with Gasteiger partial charge in [0.15, 0.2) is 6.17 Å². The molecule has 0 amide bonds. The third-order valence-corrected chi connectivity index (χ3v) is 9.94. The van der Waals surface area contributed by atoms with Crippen LogP contribution in [0.15, 0.2) is 190 Å². The van der Waals surface area contributed by atoms with Crippen LogP contribution in [0.25, 0.3) is 65.7 Å². The fraction of sp³-hybridized carbons (Fsp3) is 0.0213. The first-order valence-electron chi connectivity index (χ1n) is 17.3. The standard InChI is InChI=1S/C47H31N3O/c1-3-13-31(14-4-1)36-25-26-39(38-19-10-9-18-37(36)38)46-48-45(32-15-5-2-6-16-32)49-47(50-46)40-20-11-21-43-44(40)41-29-35(24-27-42(41)51-43)34-23-22-30-12-7-8-17-33(30)28-34/h1-29,46H,(H,48,49,50). The van der Waals surface area contributed by atoms with E-state index in [2.05, 4.69) is 151 Å². The Labute approximate surface area is 295 Å². The zero-order valence-electron chi connectivity index (χ0n) is 27.6. The Kier molecular flexibility index (Phi) is 6.85. The number of nitrogens with one attached hydrogen (secondary N) is 1. The predicted molar refractivity (Wildman–Crippen MR) is 211 cm³/mol. The van der Waals surface area contributed by atoms with Crippen LogP contribution >= 0.6 is 0 Å². The highest BCUT2D eigenvalue weighted by Crippen LogP contribution is 2.38. The van der Waals surface area contributed by atoms with Crippen LogP contribution in [0.1, 0.15) is 22.9 Å². The van der Waals surface area contributed by atoms with Gasteiger partial charge in [0.1, 0.15) is 22.8 Å². The topological polar surface area (TPSA) is 49.9 Å². The highest BCUT2D eigenvalue weighted by molar-refractivity contribution is 6.23. The quantitative estimate of drug-likeness (QED) is 0.201. The van der Waals surface area contributed by atoms with Crippen molar-refractivity contribution in [3.8, 4) is 22.3 Å². The second-order valence-electron chi connectivity index (χ2n) is 13.0. The molecule has 4 nitrogen and oxygen atoms in total. The zero-order chi connectivity index (χ0) is 33.7. The van der Waals surface area contributed by atoms with E-state index < -0.39 is 6.17 Å². The van der Waals surface area contributed by atoms with Crippen LogP contribution in [0.5, 0.6) is 0 Å². The van der Waals surface area contributed by atoms with E-state index in [-0.39, 0.29) is 0 Å². The Hall–Kier alpha value is -6.78. The Balaban J connectivity index is 1.15. The van der Waals surface area contributed by atoms with Gasteiger partial charge < -0.3 is 9.73 Å². The SMILES string of the molecule is c1ccc(C2=NC(c3ccc(-c4ccccc4)c4ccccc34)N=C(c3cccc4oc5ccc(-c6ccc7ccccc7c6)cc5c34)N2)cc1. The van der Waals surface area contributed by atoms with Gasteiger partial charge in [0.05, 0.1) is 0 Å². The molecule has 1 N–H and O–H groups in total. The molecule has 9 aromatic rings. The van der Waals surface area contributed by atoms with Gasteiger partial charge in [-0.1, -0.05) is 152 Å². The van der Waals surface area contributed by atoms with E-state index in [1.165, 1.54) is 32.8 Å². The molecule has 1 atom stereocenters. The van der Waals surface area contributed by atoms with Gasteiger partial charge in [-0.25, -0.2) is 9.98 Å². The average Bonchev–Trinajstić information content (AvgIpc) is 3.59. The molecule has 10 rings (SSSR count). The van der Waals surface area contributed by atoms with Gasteiger partial charge in [-0.3, -0.25) is 0 Å². The van der Waals surface area contributed by atoms with Gasteiger partial charge >= 0.3 is 0 Å². The number of hydrogen-bond acceptors (Lipinski definition) is 4. The fourth-order valence-electron chi connectivity index (χ4n) is 7.46. The smallest absolute Gasteiger partial charge is 0.170 e. The molecule has 1 aliphatic rings. The molecule has 1 aromatic heterocycles. The number of benzene rings is 8. The van der Waals surface area contributed by atoms with Gasteiger partial charge in [-0.05, 0) is 68.1 Å². The molecule has 4 heteroatoms. The second kappa shape index (κ2) is 12.0. The van der Waals surface area contributed by atoms with Gasteiger partial charge in [-0.15, -0.1) is 0 Å². The van der Waals surface area contributed by atoms with Crippen LogP contribution in [-0.4, -0.2) is 11.7 Å². The highest BCUT2D eigenvalue weighted by Gasteiger charge is 2.25. The Morgan fingerprint density at radius 2 is 1.10 bits per heavy atom. The predicted octanol–water partition coefficient (Wildman–Crippen LogP) is 11.7. The minimum absolute atomic E-state index is 0.465. The molecule has 1 aliphatic heterocycles. The molecule has 240 valence electrons. The number of hydrogen-bond donors (Lipinski definition) is 1. The minimum atomic E-state index is -0.465. The molecular weight excluding hydrogens is 623 g/mol. The van der Waals surface area contributed by atoms with Crippen molar-refractivity contribution in [2.45, 2.75) is 6.17 Å². The lowest BCUT2D eigenvalue weighted by Gasteiger charge is -2.24. The third-order valence-electron chi connectivity index (χ3n) is 9.94. The molecular formula is C47H31N3O. The lowest BCUT2D eigenvalue weighted by molar-refractivity contribution is 0.669. The third kappa shape index (κ3) is 5.08. The van der Waals surface area contributed by atoms with Crippen molar-refractivity contribution in [1.82, 2.24) is 5.32 Å². The Bertz CT molecular complexity index is 2830. The number of furan rings is 1. The van der Waals surface area contributed by atoms with Crippen molar-refractivity contribution in [2.75, 3.05) is 0 Å². The summed E-state index contributed by atoms with van der Waals surface area (Å²) in [5.74, 6) is 1.54. The summed E-state index contributed by atoms with van der Waals surface area (Å²) in [6.45, 7) is 0. The van der Waals surface area contributed by atoms with Crippen molar-refractivity contribution < 1.29 is 4.42 Å². The number of aliphatic imine (C=N–C) groups is 2. The first-order chi connectivity index (χ1) is 25.3. The van der Waals surface area contributed by atoms with Crippen molar-refractivity contribution in [3.05, 3.63) is 193 Å². The maximum absolute atomic E-state index is 6.47. The second-order valence-corrected chi connectivity index (χ2v) is 13.0. The molecule has 51 heavy (non-hydrogen) atoms. The first kappa shape index (κ1) is 29.2. The Morgan fingerprint density at radius 1 is 0.412 bits per heavy atom. The van der Waals surface area contributed by atoms with Crippen LogP contribution in [-0.2, 0) is 0 Å². The lowest BCUT2D eigenvalue weighted by atomic mass is 9.94. The molecule has 0 bridgehead atoms. The highest BCUT2D eigenvalue weighted by atomic mass is 16.3. The van der Waals surface area contributed by atoms with E-state index in [9.17, 15) is 0 Å². The summed E-state index contributed by atoms with van der Waals surface area (Å²) in [5, 5.41) is 10.5. The van der Waals surface area contributed by atoms with Gasteiger partial charge in [0.25, 0.3) is 0 Å². The maximum Gasteiger partial charge on any atom is 0.170 e. The summed E-state index contributed by atoms with van der Waals surface area (Å²) in [7, 11) is 0. The molecule has 1 unspecified atom stereocenters. The summed E-state index contributed by atoms with van der Waals surface area (Å²) >= 11 is 0. The molecule has 2 heterocycles. The van der Waals surface area contributed by atoms with Gasteiger partial charge in [0.2, 0.25) is 0 Å². The molecule has 8 aromatic carbocycles. The summed E-state index contributed by atoms with van der Waals surface area (Å²) in [6, 6.07) is 61.6. The molecule has 0 saturated heterocycles. The number of amidine groups is 2. The van der Waals surface area contributed by atoms with Crippen LogP contribution in [0.3, 0.4) is 0 Å². The monoisotopic (exact) mass is 653 g/mol. The fourth-order valence-corrected chi connectivity index (χ4v) is 7.46. The van der Waals surface area contributed by atoms with Crippen LogP contribution in [0, 0.1) is 0 Å². The number of rotatable bonds is 5. The van der Waals surface area contributed by atoms with Crippen molar-refractivity contribution >= 4 is 55.2 Å². The summed E-state index contributed by atoms with van der Waals surface area (Å²) in [6.07, 6.45) is -0.465. The van der Waals surface area contributed by atoms with E-state index in [0.29, 0.717) is 0 Å². The molecule has 0 spiro atoms. The summed E-state index contributed by atoms with van der Waals surface area (Å²) < 4.78 is 6.47. The Morgan fingerprint density at radius 3 is 1.94 bits per heavy atom. The first-order valence-corrected chi connectivity index (χ1v) is 17.3. The molecule has 0 radical (unpaired) electrons. The minimum Gasteiger partial charge on any atom is -0.456 e. The normalized spacial score (nSPS) is 14.5. The molecule has 0 saturated carbocycles. The number of fused-ring (bicyclic) bond motifs is 5. The van der Waals surface area contributed by atoms with E-state index in [0.717, 1.165) is 61.2 Å². The van der Waals surface area contributed by atoms with E-state index in [4.69, 9.17) is 14.4 Å². The van der Waals surface area contributed by atoms with Crippen LogP contribution < -0.4 is 5.32 Å². The van der Waals surface area contributed by atoms with Crippen molar-refractivity contribution in [2.24, 2.45) is 9.98 Å². The van der Waals surface area contributed by atoms with E-state index in [1.807, 2.05) is 30.3 Å². The van der Waals surface area contributed by atoms with Crippen molar-refractivity contribution in [1.29, 1.82) is 0 Å². The van der Waals surface area contributed by atoms with Crippen molar-refractivity contribution in [3.63, 3.8) is 0 Å². The van der Waals surface area contributed by atoms with Crippen LogP contribution in [0.2, 0.25) is 0 Å². The summed E-state index contributed by atoms with van der Waals surface area (Å²) in [4.78, 5) is 10.6. The largest absolute Gasteiger partial charge is 0.456 e. The lowest BCUT2D eigenvalue weighted by Crippen LogP contribution is -2.36. The average molecular weight is 654 g/mol. The zero-order valence-corrected chi connectivity index (χ0v) is 27.6. The molecule has 0 aliphatic carbocycles. The van der Waals surface area contributed by atoms with E-state index >= 15 is 0 Å². The molecule has 0 fully saturated rings. The number of nitrogens with zero attached hydrogens (tertiary/aromatic N) is 2. The maximum atomic E-state index is 6.47. The van der Waals surface area contributed by atoms with E-state index in [1.54, 1.807) is 0 Å². The van der Waals surface area contributed by atoms with Gasteiger partial charge in [-0.2, -0.15) is 0 Å². The van der Waals surface area contributed by atoms with Crippen LogP contribution in [0.4, 0.5) is 0 Å². The van der Waals surface area contributed by atoms with Gasteiger partial charge in [0, 0.05) is 27.5 Å².